The van der Waals surface area contributed by atoms with Crippen LogP contribution < -0.4 is 15.0 Å². The number of anilines is 2. The van der Waals surface area contributed by atoms with Crippen LogP contribution in [0.15, 0.2) is 48.5 Å². The smallest absolute Gasteiger partial charge is 0.412 e. The van der Waals surface area contributed by atoms with Crippen molar-refractivity contribution in [3.8, 4) is 5.75 Å². The van der Waals surface area contributed by atoms with Crippen LogP contribution in [0.2, 0.25) is 0 Å². The number of rotatable bonds is 5. The monoisotopic (exact) mass is 425 g/mol. The van der Waals surface area contributed by atoms with Crippen molar-refractivity contribution >= 4 is 23.4 Å². The van der Waals surface area contributed by atoms with Crippen LogP contribution in [0, 0.1) is 0 Å². The van der Waals surface area contributed by atoms with Gasteiger partial charge in [-0.2, -0.15) is 0 Å². The molecule has 31 heavy (non-hydrogen) atoms. The third-order valence-corrected chi connectivity index (χ3v) is 4.91. The van der Waals surface area contributed by atoms with Crippen LogP contribution in [-0.4, -0.2) is 55.3 Å². The van der Waals surface area contributed by atoms with E-state index in [2.05, 4.69) is 23.2 Å². The first kappa shape index (κ1) is 22.5. The second-order valence-corrected chi connectivity index (χ2v) is 8.64. The fraction of sp³-hybridized carbons (Fsp3) is 0.417. The standard InChI is InChI=1S/C24H31N3O4/c1-6-27-16-19(30-21-10-8-7-9-20(21)27)15-26(5)22(28)17-11-13-18(14-12-17)25-23(29)31-24(2,3)4/h7-14,19H,6,15-16H2,1-5H3,(H,25,29)/t19-/m0/s1. The molecule has 2 aromatic rings. The van der Waals surface area contributed by atoms with E-state index in [1.807, 2.05) is 18.2 Å². The number of carbonyl (C=O) groups is 2. The minimum atomic E-state index is -0.572. The molecule has 0 unspecified atom stereocenters. The van der Waals surface area contributed by atoms with Crippen LogP contribution in [0.5, 0.6) is 5.75 Å². The number of nitrogens with zero attached hydrogens (tertiary/aromatic N) is 2. The van der Waals surface area contributed by atoms with E-state index in [-0.39, 0.29) is 12.0 Å². The summed E-state index contributed by atoms with van der Waals surface area (Å²) >= 11 is 0. The number of ether oxygens (including phenoxy) is 2. The van der Waals surface area contributed by atoms with E-state index in [1.54, 1.807) is 57.0 Å². The van der Waals surface area contributed by atoms with E-state index in [0.717, 1.165) is 24.5 Å². The Morgan fingerprint density at radius 2 is 1.84 bits per heavy atom. The molecule has 0 fully saturated rings. The molecule has 0 saturated carbocycles. The second-order valence-electron chi connectivity index (χ2n) is 8.64. The molecular weight excluding hydrogens is 394 g/mol. The minimum absolute atomic E-state index is 0.102. The van der Waals surface area contributed by atoms with Crippen molar-refractivity contribution in [2.45, 2.75) is 39.4 Å². The number of hydrogen-bond donors (Lipinski definition) is 1. The topological polar surface area (TPSA) is 71.1 Å². The molecule has 0 saturated heterocycles. The maximum Gasteiger partial charge on any atom is 0.412 e. The molecular formula is C24H31N3O4. The van der Waals surface area contributed by atoms with Crippen molar-refractivity contribution in [3.63, 3.8) is 0 Å². The summed E-state index contributed by atoms with van der Waals surface area (Å²) < 4.78 is 11.4. The first-order chi connectivity index (χ1) is 14.7. The molecule has 0 aliphatic carbocycles. The van der Waals surface area contributed by atoms with Gasteiger partial charge in [0.05, 0.1) is 18.8 Å². The van der Waals surface area contributed by atoms with Crippen molar-refractivity contribution in [2.24, 2.45) is 0 Å². The lowest BCUT2D eigenvalue weighted by atomic mass is 10.1. The van der Waals surface area contributed by atoms with E-state index in [9.17, 15) is 9.59 Å². The highest BCUT2D eigenvalue weighted by Gasteiger charge is 2.27. The molecule has 1 N–H and O–H groups in total. The summed E-state index contributed by atoms with van der Waals surface area (Å²) in [6.07, 6.45) is -0.643. The van der Waals surface area contributed by atoms with E-state index in [0.29, 0.717) is 17.8 Å². The molecule has 7 heteroatoms. The van der Waals surface area contributed by atoms with Crippen LogP contribution >= 0.6 is 0 Å². The van der Waals surface area contributed by atoms with Gasteiger partial charge in [-0.05, 0) is 64.1 Å². The van der Waals surface area contributed by atoms with Crippen LogP contribution in [0.4, 0.5) is 16.2 Å². The Morgan fingerprint density at radius 3 is 2.48 bits per heavy atom. The Hall–Kier alpha value is -3.22. The molecule has 2 amide bonds. The summed E-state index contributed by atoms with van der Waals surface area (Å²) in [7, 11) is 1.77. The largest absolute Gasteiger partial charge is 0.485 e. The van der Waals surface area contributed by atoms with Gasteiger partial charge >= 0.3 is 6.09 Å². The number of nitrogens with one attached hydrogen (secondary N) is 1. The summed E-state index contributed by atoms with van der Waals surface area (Å²) in [5.74, 6) is 0.744. The molecule has 0 bridgehead atoms. The Balaban J connectivity index is 1.59. The normalized spacial score (nSPS) is 15.5. The zero-order chi connectivity index (χ0) is 22.6. The number of fused-ring (bicyclic) bond motifs is 1. The van der Waals surface area contributed by atoms with Crippen LogP contribution in [0.3, 0.4) is 0 Å². The molecule has 0 radical (unpaired) electrons. The average molecular weight is 426 g/mol. The second kappa shape index (κ2) is 9.29. The van der Waals surface area contributed by atoms with Gasteiger partial charge in [0.15, 0.2) is 0 Å². The molecule has 3 rings (SSSR count). The first-order valence-electron chi connectivity index (χ1n) is 10.5. The van der Waals surface area contributed by atoms with Gasteiger partial charge in [0.25, 0.3) is 5.91 Å². The maximum atomic E-state index is 12.9. The number of benzene rings is 2. The SMILES string of the molecule is CCN1C[C@H](CN(C)C(=O)c2ccc(NC(=O)OC(C)(C)C)cc2)Oc2ccccc21. The Morgan fingerprint density at radius 1 is 1.16 bits per heavy atom. The van der Waals surface area contributed by atoms with E-state index in [4.69, 9.17) is 9.47 Å². The van der Waals surface area contributed by atoms with Crippen molar-refractivity contribution in [1.82, 2.24) is 4.90 Å². The van der Waals surface area contributed by atoms with Gasteiger partial charge in [-0.1, -0.05) is 12.1 Å². The molecule has 166 valence electrons. The maximum absolute atomic E-state index is 12.9. The van der Waals surface area contributed by atoms with Gasteiger partial charge in [-0.15, -0.1) is 0 Å². The Kier molecular flexibility index (Phi) is 6.73. The Labute approximate surface area is 183 Å². The van der Waals surface area contributed by atoms with Crippen LogP contribution in [0.1, 0.15) is 38.1 Å². The zero-order valence-electron chi connectivity index (χ0n) is 18.8. The highest BCUT2D eigenvalue weighted by molar-refractivity contribution is 5.95. The molecule has 7 nitrogen and oxygen atoms in total. The van der Waals surface area contributed by atoms with E-state index >= 15 is 0 Å². The average Bonchev–Trinajstić information content (AvgIpc) is 2.71. The van der Waals surface area contributed by atoms with Gasteiger partial charge in [-0.3, -0.25) is 10.1 Å². The summed E-state index contributed by atoms with van der Waals surface area (Å²) in [5.41, 5.74) is 1.63. The summed E-state index contributed by atoms with van der Waals surface area (Å²) in [5, 5.41) is 2.67. The fourth-order valence-electron chi connectivity index (χ4n) is 3.50. The number of carbonyl (C=O) groups excluding carboxylic acids is 2. The molecule has 0 spiro atoms. The highest BCUT2D eigenvalue weighted by Crippen LogP contribution is 2.33. The molecule has 1 heterocycles. The molecule has 2 aromatic carbocycles. The lowest BCUT2D eigenvalue weighted by Crippen LogP contribution is -2.46. The van der Waals surface area contributed by atoms with E-state index < -0.39 is 11.7 Å². The van der Waals surface area contributed by atoms with Crippen LogP contribution in [-0.2, 0) is 4.74 Å². The predicted molar refractivity (Wildman–Crippen MR) is 122 cm³/mol. The number of amides is 2. The third kappa shape index (κ3) is 5.90. The van der Waals surface area contributed by atoms with Gasteiger partial charge in [-0.25, -0.2) is 4.79 Å². The molecule has 1 aliphatic rings. The van der Waals surface area contributed by atoms with Crippen LogP contribution in [0.25, 0.3) is 0 Å². The lowest BCUT2D eigenvalue weighted by Gasteiger charge is -2.37. The van der Waals surface area contributed by atoms with Gasteiger partial charge in [0.1, 0.15) is 17.5 Å². The van der Waals surface area contributed by atoms with Crippen molar-refractivity contribution in [2.75, 3.05) is 36.9 Å². The fourth-order valence-corrected chi connectivity index (χ4v) is 3.50. The van der Waals surface area contributed by atoms with Crippen molar-refractivity contribution in [3.05, 3.63) is 54.1 Å². The van der Waals surface area contributed by atoms with Gasteiger partial charge in [0, 0.05) is 24.8 Å². The summed E-state index contributed by atoms with van der Waals surface area (Å²) in [6, 6.07) is 14.7. The quantitative estimate of drug-likeness (QED) is 0.769. The van der Waals surface area contributed by atoms with Gasteiger partial charge in [0.2, 0.25) is 0 Å². The summed E-state index contributed by atoms with van der Waals surface area (Å²) in [6.45, 7) is 9.60. The van der Waals surface area contributed by atoms with Crippen molar-refractivity contribution in [1.29, 1.82) is 0 Å². The predicted octanol–water partition coefficient (Wildman–Crippen LogP) is 4.39. The number of likely N-dealkylation sites (N-methyl/N-ethyl adjacent to an activating group) is 2. The molecule has 0 aromatic heterocycles. The van der Waals surface area contributed by atoms with Crippen molar-refractivity contribution < 1.29 is 19.1 Å². The number of para-hydroxylation sites is 2. The zero-order valence-corrected chi connectivity index (χ0v) is 18.8. The van der Waals surface area contributed by atoms with Gasteiger partial charge < -0.3 is 19.3 Å². The highest BCUT2D eigenvalue weighted by atomic mass is 16.6. The summed E-state index contributed by atoms with van der Waals surface area (Å²) in [4.78, 5) is 28.7. The van der Waals surface area contributed by atoms with E-state index in [1.165, 1.54) is 0 Å². The minimum Gasteiger partial charge on any atom is -0.485 e. The lowest BCUT2D eigenvalue weighted by molar-refractivity contribution is 0.0635. The Bertz CT molecular complexity index is 921. The first-order valence-corrected chi connectivity index (χ1v) is 10.5. The number of hydrogen-bond acceptors (Lipinski definition) is 5. The molecule has 1 aliphatic heterocycles. The molecule has 1 atom stereocenters. The third-order valence-electron chi connectivity index (χ3n) is 4.91.